The zero-order valence-electron chi connectivity index (χ0n) is 19.9. The fourth-order valence-corrected chi connectivity index (χ4v) is 3.56. The Kier molecular flexibility index (Phi) is 9.22. The first-order valence-corrected chi connectivity index (χ1v) is 11.5. The molecule has 8 heteroatoms. The van der Waals surface area contributed by atoms with E-state index < -0.39 is 18.1 Å². The molecule has 0 heterocycles. The highest BCUT2D eigenvalue weighted by Gasteiger charge is 2.24. The fourth-order valence-electron chi connectivity index (χ4n) is 3.56. The minimum Gasteiger partial charge on any atom is -0.508 e. The average molecular weight is 488 g/mol. The van der Waals surface area contributed by atoms with Crippen LogP contribution in [0.25, 0.3) is 0 Å². The molecule has 3 amide bonds. The summed E-state index contributed by atoms with van der Waals surface area (Å²) in [6, 6.07) is 21.7. The van der Waals surface area contributed by atoms with Crippen LogP contribution < -0.4 is 16.4 Å². The number of aromatic hydroxyl groups is 1. The van der Waals surface area contributed by atoms with Crippen molar-refractivity contribution in [1.82, 2.24) is 5.32 Å². The van der Waals surface area contributed by atoms with E-state index in [4.69, 9.17) is 10.5 Å². The molecule has 0 aliphatic carbocycles. The van der Waals surface area contributed by atoms with E-state index in [9.17, 15) is 19.5 Å². The van der Waals surface area contributed by atoms with Crippen LogP contribution in [0, 0.1) is 5.92 Å². The second-order valence-corrected chi connectivity index (χ2v) is 8.27. The van der Waals surface area contributed by atoms with Crippen LogP contribution in [-0.2, 0) is 9.53 Å². The number of nitrogen functional groups attached to an aromatic ring is 1. The maximum Gasteiger partial charge on any atom is 0.414 e. The lowest BCUT2D eigenvalue weighted by atomic mass is 9.93. The Hall–Kier alpha value is -4.59. The van der Waals surface area contributed by atoms with Crippen LogP contribution in [0.3, 0.4) is 0 Å². The van der Waals surface area contributed by atoms with Crippen molar-refractivity contribution in [3.05, 3.63) is 102 Å². The van der Waals surface area contributed by atoms with Gasteiger partial charge >= 0.3 is 6.09 Å². The molecule has 0 unspecified atom stereocenters. The van der Waals surface area contributed by atoms with E-state index in [-0.39, 0.29) is 17.6 Å². The summed E-state index contributed by atoms with van der Waals surface area (Å²) < 4.78 is 5.63. The molecule has 2 atom stereocenters. The molecule has 0 spiro atoms. The summed E-state index contributed by atoms with van der Waals surface area (Å²) >= 11 is 0. The van der Waals surface area contributed by atoms with Gasteiger partial charge in [-0.05, 0) is 66.8 Å². The Morgan fingerprint density at radius 1 is 0.972 bits per heavy atom. The van der Waals surface area contributed by atoms with Gasteiger partial charge in [0.1, 0.15) is 11.9 Å². The van der Waals surface area contributed by atoms with E-state index in [1.165, 1.54) is 18.2 Å². The number of ether oxygens (including phenoxy) is 1. The van der Waals surface area contributed by atoms with Crippen molar-refractivity contribution in [3.63, 3.8) is 0 Å². The van der Waals surface area contributed by atoms with Gasteiger partial charge in [-0.1, -0.05) is 55.5 Å². The molecule has 3 aromatic carbocycles. The molecule has 0 fully saturated rings. The van der Waals surface area contributed by atoms with E-state index in [1.54, 1.807) is 72.8 Å². The highest BCUT2D eigenvalue weighted by molar-refractivity contribution is 6.03. The molecule has 0 saturated carbocycles. The lowest BCUT2D eigenvalue weighted by Crippen LogP contribution is -2.33. The summed E-state index contributed by atoms with van der Waals surface area (Å²) in [6.45, 7) is 1.91. The lowest BCUT2D eigenvalue weighted by Gasteiger charge is -2.24. The van der Waals surface area contributed by atoms with Crippen molar-refractivity contribution in [3.8, 4) is 5.75 Å². The summed E-state index contributed by atoms with van der Waals surface area (Å²) in [5.41, 5.74) is 7.87. The number of para-hydroxylation sites is 2. The van der Waals surface area contributed by atoms with Gasteiger partial charge < -0.3 is 20.9 Å². The topological polar surface area (TPSA) is 131 Å². The van der Waals surface area contributed by atoms with Crippen LogP contribution in [0.1, 0.15) is 41.8 Å². The van der Waals surface area contributed by atoms with Crippen LogP contribution in [0.4, 0.5) is 16.2 Å². The van der Waals surface area contributed by atoms with Crippen LogP contribution in [0.5, 0.6) is 5.75 Å². The predicted molar refractivity (Wildman–Crippen MR) is 138 cm³/mol. The van der Waals surface area contributed by atoms with Crippen molar-refractivity contribution in [2.24, 2.45) is 5.92 Å². The number of nitrogens with one attached hydrogen (secondary N) is 2. The van der Waals surface area contributed by atoms with E-state index >= 15 is 0 Å². The van der Waals surface area contributed by atoms with Crippen molar-refractivity contribution >= 4 is 29.3 Å². The normalized spacial score (nSPS) is 12.5. The monoisotopic (exact) mass is 487 g/mol. The molecule has 36 heavy (non-hydrogen) atoms. The molecule has 0 bridgehead atoms. The Bertz CT molecular complexity index is 1210. The molecule has 5 N–H and O–H groups in total. The third-order valence-corrected chi connectivity index (χ3v) is 5.50. The molecule has 186 valence electrons. The number of hydrogen-bond acceptors (Lipinski definition) is 6. The number of rotatable bonds is 9. The third-order valence-electron chi connectivity index (χ3n) is 5.50. The highest BCUT2D eigenvalue weighted by Crippen LogP contribution is 2.30. The number of phenolic OH excluding ortho intramolecular Hbond substituents is 1. The smallest absolute Gasteiger partial charge is 0.414 e. The van der Waals surface area contributed by atoms with Gasteiger partial charge in [-0.15, -0.1) is 0 Å². The van der Waals surface area contributed by atoms with Gasteiger partial charge in [0.25, 0.3) is 5.91 Å². The Morgan fingerprint density at radius 2 is 1.64 bits per heavy atom. The van der Waals surface area contributed by atoms with Crippen LogP contribution in [0.2, 0.25) is 0 Å². The van der Waals surface area contributed by atoms with Gasteiger partial charge in [-0.25, -0.2) is 4.79 Å². The zero-order valence-corrected chi connectivity index (χ0v) is 19.9. The molecule has 3 rings (SSSR count). The molecular weight excluding hydrogens is 458 g/mol. The number of nitrogens with two attached hydrogens (primary N) is 1. The maximum absolute atomic E-state index is 12.5. The summed E-state index contributed by atoms with van der Waals surface area (Å²) in [7, 11) is 0. The summed E-state index contributed by atoms with van der Waals surface area (Å²) in [6.07, 6.45) is 2.74. The van der Waals surface area contributed by atoms with E-state index in [0.717, 1.165) is 0 Å². The van der Waals surface area contributed by atoms with Crippen molar-refractivity contribution in [2.45, 2.75) is 25.9 Å². The number of hydrogen-bond donors (Lipinski definition) is 4. The standard InChI is InChI=1S/C28H29N3O5/c1-19(9-5-8-14-25(33)30-24-13-7-6-12-23(24)29)26(20-15-17-22(32)18-16-20)36-28(35)31-27(34)21-10-3-2-4-11-21/h2-4,6-8,10-19,26,32H,5,9,29H2,1H3,(H,30,33)(H,31,34,35)/b14-8+/t19-,26+/m0/s1. The number of allylic oxidation sites excluding steroid dienone is 1. The van der Waals surface area contributed by atoms with E-state index in [2.05, 4.69) is 10.6 Å². The minimum absolute atomic E-state index is 0.0851. The number of amides is 3. The molecule has 0 saturated heterocycles. The number of carbonyl (C=O) groups is 3. The number of phenols is 1. The van der Waals surface area contributed by atoms with Gasteiger partial charge in [0.2, 0.25) is 5.91 Å². The quantitative estimate of drug-likeness (QED) is 0.243. The molecule has 0 aliphatic rings. The first-order chi connectivity index (χ1) is 17.3. The second kappa shape index (κ2) is 12.8. The van der Waals surface area contributed by atoms with E-state index in [0.29, 0.717) is 35.3 Å². The Labute approximate surface area is 209 Å². The van der Waals surface area contributed by atoms with Gasteiger partial charge in [0.15, 0.2) is 0 Å². The SMILES string of the molecule is C[C@@H](CC/C=C/C(=O)Nc1ccccc1N)[C@@H](OC(=O)NC(=O)c1ccccc1)c1ccc(O)cc1. The fraction of sp³-hybridized carbons (Fsp3) is 0.179. The van der Waals surface area contributed by atoms with E-state index in [1.807, 2.05) is 6.92 Å². The van der Waals surface area contributed by atoms with Crippen molar-refractivity contribution in [2.75, 3.05) is 11.1 Å². The largest absolute Gasteiger partial charge is 0.508 e. The van der Waals surface area contributed by atoms with Gasteiger partial charge in [-0.2, -0.15) is 0 Å². The average Bonchev–Trinajstić information content (AvgIpc) is 2.87. The minimum atomic E-state index is -0.871. The molecule has 0 aromatic heterocycles. The van der Waals surface area contributed by atoms with Gasteiger partial charge in [-0.3, -0.25) is 14.9 Å². The van der Waals surface area contributed by atoms with Crippen molar-refractivity contribution < 1.29 is 24.2 Å². The second-order valence-electron chi connectivity index (χ2n) is 8.27. The molecule has 0 aliphatic heterocycles. The summed E-state index contributed by atoms with van der Waals surface area (Å²) in [4.78, 5) is 37.0. The number of anilines is 2. The molecule has 3 aromatic rings. The first-order valence-electron chi connectivity index (χ1n) is 11.5. The first kappa shape index (κ1) is 26.0. The number of benzene rings is 3. The van der Waals surface area contributed by atoms with Gasteiger partial charge in [0, 0.05) is 5.56 Å². The number of alkyl carbamates (subject to hydrolysis) is 1. The maximum atomic E-state index is 12.5. The molecule has 8 nitrogen and oxygen atoms in total. The number of carbonyl (C=O) groups excluding carboxylic acids is 3. The Balaban J connectivity index is 1.60. The van der Waals surface area contributed by atoms with Gasteiger partial charge in [0.05, 0.1) is 11.4 Å². The zero-order chi connectivity index (χ0) is 25.9. The lowest BCUT2D eigenvalue weighted by molar-refractivity contribution is -0.111. The van der Waals surface area contributed by atoms with Crippen LogP contribution in [-0.4, -0.2) is 23.0 Å². The van der Waals surface area contributed by atoms with Crippen molar-refractivity contribution in [1.29, 1.82) is 0 Å². The Morgan fingerprint density at radius 3 is 2.33 bits per heavy atom. The molecule has 0 radical (unpaired) electrons. The summed E-state index contributed by atoms with van der Waals surface area (Å²) in [5, 5.41) is 14.6. The molecular formula is C28H29N3O5. The highest BCUT2D eigenvalue weighted by atomic mass is 16.6. The van der Waals surface area contributed by atoms with Crippen LogP contribution in [0.15, 0.2) is 91.0 Å². The van der Waals surface area contributed by atoms with Crippen LogP contribution >= 0.6 is 0 Å². The third kappa shape index (κ3) is 7.73. The summed E-state index contributed by atoms with van der Waals surface area (Å²) in [5.74, 6) is -0.942. The number of imide groups is 1. The predicted octanol–water partition coefficient (Wildman–Crippen LogP) is 5.19.